The molecule has 0 amide bonds. The minimum Gasteiger partial charge on any atom is -0.204 e. The minimum absolute atomic E-state index is 0.329. The van der Waals surface area contributed by atoms with E-state index >= 15 is 0 Å². The third kappa shape index (κ3) is 3.64. The number of nitrogens with zero attached hydrogens (tertiary/aromatic N) is 2. The van der Waals surface area contributed by atoms with Crippen molar-refractivity contribution >= 4 is 0 Å². The van der Waals surface area contributed by atoms with E-state index in [0.717, 1.165) is 0 Å². The van der Waals surface area contributed by atoms with Crippen LogP contribution in [0.15, 0.2) is 79.0 Å². The SMILES string of the molecule is Cc1cc[n+](C)c(C(C)(c2ccccc2C)c2cc(C)cc(-c3ccccc3C)[n+]2C)c1. The van der Waals surface area contributed by atoms with Gasteiger partial charge in [-0.1, -0.05) is 42.5 Å². The second kappa shape index (κ2) is 8.35. The zero-order valence-electron chi connectivity index (χ0n) is 20.4. The number of rotatable bonds is 4. The highest BCUT2D eigenvalue weighted by atomic mass is 15.0. The first-order valence-electron chi connectivity index (χ1n) is 11.3. The molecule has 2 heteroatoms. The van der Waals surface area contributed by atoms with Crippen LogP contribution < -0.4 is 9.13 Å². The van der Waals surface area contributed by atoms with Crippen LogP contribution in [0.4, 0.5) is 0 Å². The molecule has 2 aromatic heterocycles. The smallest absolute Gasteiger partial charge is 0.204 e. The van der Waals surface area contributed by atoms with Crippen molar-refractivity contribution < 1.29 is 9.13 Å². The van der Waals surface area contributed by atoms with E-state index in [2.05, 4.69) is 137 Å². The van der Waals surface area contributed by atoms with Gasteiger partial charge in [0.25, 0.3) is 0 Å². The zero-order valence-corrected chi connectivity index (χ0v) is 20.4. The number of aryl methyl sites for hydroxylation is 5. The average Bonchev–Trinajstić information content (AvgIpc) is 2.77. The van der Waals surface area contributed by atoms with Gasteiger partial charge in [-0.3, -0.25) is 0 Å². The van der Waals surface area contributed by atoms with Gasteiger partial charge in [-0.15, -0.1) is 0 Å². The Kier molecular flexibility index (Phi) is 5.73. The van der Waals surface area contributed by atoms with Crippen molar-refractivity contribution in [1.82, 2.24) is 0 Å². The normalized spacial score (nSPS) is 13.1. The molecule has 0 aliphatic carbocycles. The molecular formula is C30H34N2+2. The molecule has 0 fully saturated rings. The summed E-state index contributed by atoms with van der Waals surface area (Å²) in [5, 5.41) is 0. The van der Waals surface area contributed by atoms with Crippen molar-refractivity contribution in [3.05, 3.63) is 118 Å². The van der Waals surface area contributed by atoms with Crippen molar-refractivity contribution in [2.75, 3.05) is 0 Å². The van der Waals surface area contributed by atoms with E-state index in [4.69, 9.17) is 0 Å². The van der Waals surface area contributed by atoms with Crippen LogP contribution in [0, 0.1) is 27.7 Å². The predicted molar refractivity (Wildman–Crippen MR) is 132 cm³/mol. The third-order valence-corrected chi connectivity index (χ3v) is 6.89. The maximum Gasteiger partial charge on any atom is 0.213 e. The lowest BCUT2D eigenvalue weighted by molar-refractivity contribution is -0.692. The molecule has 0 saturated carbocycles. The largest absolute Gasteiger partial charge is 0.213 e. The summed E-state index contributed by atoms with van der Waals surface area (Å²) in [7, 11) is 4.37. The second-order valence-electron chi connectivity index (χ2n) is 9.32. The Balaban J connectivity index is 2.12. The Morgan fingerprint density at radius 2 is 1.28 bits per heavy atom. The molecule has 4 aromatic rings. The fourth-order valence-corrected chi connectivity index (χ4v) is 5.11. The fraction of sp³-hybridized carbons (Fsp3) is 0.267. The summed E-state index contributed by atoms with van der Waals surface area (Å²) in [6.45, 7) is 11.2. The van der Waals surface area contributed by atoms with Gasteiger partial charge in [0.05, 0.1) is 0 Å². The van der Waals surface area contributed by atoms with E-state index in [9.17, 15) is 0 Å². The molecule has 0 saturated heterocycles. The van der Waals surface area contributed by atoms with Crippen molar-refractivity contribution in [2.45, 2.75) is 40.0 Å². The summed E-state index contributed by atoms with van der Waals surface area (Å²) in [5.41, 5.74) is 11.2. The van der Waals surface area contributed by atoms with Crippen LogP contribution in [-0.4, -0.2) is 0 Å². The van der Waals surface area contributed by atoms with Crippen molar-refractivity contribution in [3.63, 3.8) is 0 Å². The van der Waals surface area contributed by atoms with Gasteiger partial charge < -0.3 is 0 Å². The molecule has 1 atom stereocenters. The van der Waals surface area contributed by atoms with Crippen LogP contribution in [0.1, 0.15) is 46.1 Å². The topological polar surface area (TPSA) is 7.76 Å². The Morgan fingerprint density at radius 1 is 0.656 bits per heavy atom. The summed E-state index contributed by atoms with van der Waals surface area (Å²) in [6, 6.07) is 26.6. The van der Waals surface area contributed by atoms with Crippen LogP contribution in [-0.2, 0) is 19.5 Å². The number of pyridine rings is 2. The number of hydrogen-bond acceptors (Lipinski definition) is 0. The van der Waals surface area contributed by atoms with Gasteiger partial charge in [-0.2, -0.15) is 4.57 Å². The number of aromatic nitrogens is 2. The molecule has 0 radical (unpaired) electrons. The van der Waals surface area contributed by atoms with E-state index in [1.807, 2.05) is 0 Å². The first kappa shape index (κ1) is 22.0. The molecule has 32 heavy (non-hydrogen) atoms. The fourth-order valence-electron chi connectivity index (χ4n) is 5.11. The van der Waals surface area contributed by atoms with Crippen molar-refractivity contribution in [1.29, 1.82) is 0 Å². The van der Waals surface area contributed by atoms with Gasteiger partial charge in [0.15, 0.2) is 11.6 Å². The molecule has 0 aliphatic rings. The van der Waals surface area contributed by atoms with Gasteiger partial charge in [-0.05, 0) is 68.5 Å². The van der Waals surface area contributed by atoms with E-state index in [1.165, 1.54) is 50.5 Å². The Bertz CT molecular complexity index is 1300. The van der Waals surface area contributed by atoms with Crippen LogP contribution in [0.5, 0.6) is 0 Å². The first-order valence-corrected chi connectivity index (χ1v) is 11.3. The molecule has 2 aromatic carbocycles. The quantitative estimate of drug-likeness (QED) is 0.379. The first-order chi connectivity index (χ1) is 15.2. The lowest BCUT2D eigenvalue weighted by Crippen LogP contribution is -2.50. The molecule has 2 heterocycles. The summed E-state index contributed by atoms with van der Waals surface area (Å²) in [4.78, 5) is 0. The Morgan fingerprint density at radius 3 is 1.97 bits per heavy atom. The molecule has 0 N–H and O–H groups in total. The zero-order chi connectivity index (χ0) is 23.0. The van der Waals surface area contributed by atoms with E-state index < -0.39 is 0 Å². The van der Waals surface area contributed by atoms with Gasteiger partial charge in [0.2, 0.25) is 17.1 Å². The molecular weight excluding hydrogens is 388 g/mol. The van der Waals surface area contributed by atoms with Crippen LogP contribution in [0.3, 0.4) is 0 Å². The Hall–Kier alpha value is -3.26. The molecule has 0 aliphatic heterocycles. The maximum absolute atomic E-state index is 2.39. The summed E-state index contributed by atoms with van der Waals surface area (Å²) in [5.74, 6) is 0. The third-order valence-electron chi connectivity index (χ3n) is 6.89. The highest BCUT2D eigenvalue weighted by Crippen LogP contribution is 2.38. The van der Waals surface area contributed by atoms with E-state index in [0.29, 0.717) is 0 Å². The lowest BCUT2D eigenvalue weighted by atomic mass is 9.73. The molecule has 0 bridgehead atoms. The monoisotopic (exact) mass is 422 g/mol. The molecule has 2 nitrogen and oxygen atoms in total. The second-order valence-corrected chi connectivity index (χ2v) is 9.32. The standard InChI is InChI=1S/C30H34N2/c1-21-16-17-31(6)28(19-21)30(5,26-15-11-9-13-24(26)4)29-20-22(2)18-27(32(29)7)25-14-10-8-12-23(25)3/h8-20H,1-7H3/q+2. The Labute approximate surface area is 192 Å². The highest BCUT2D eigenvalue weighted by molar-refractivity contribution is 5.62. The number of benzene rings is 2. The van der Waals surface area contributed by atoms with Gasteiger partial charge >= 0.3 is 0 Å². The van der Waals surface area contributed by atoms with Crippen LogP contribution >= 0.6 is 0 Å². The van der Waals surface area contributed by atoms with Crippen molar-refractivity contribution in [3.8, 4) is 11.3 Å². The molecule has 1 unspecified atom stereocenters. The van der Waals surface area contributed by atoms with E-state index in [-0.39, 0.29) is 5.41 Å². The predicted octanol–water partition coefficient (Wildman–Crippen LogP) is 5.59. The summed E-state index contributed by atoms with van der Waals surface area (Å²) in [6.07, 6.45) is 2.18. The molecule has 162 valence electrons. The molecule has 0 spiro atoms. The maximum atomic E-state index is 2.39. The van der Waals surface area contributed by atoms with Gasteiger partial charge in [-0.25, -0.2) is 4.57 Å². The van der Waals surface area contributed by atoms with Crippen LogP contribution in [0.25, 0.3) is 11.3 Å². The highest BCUT2D eigenvalue weighted by Gasteiger charge is 2.46. The minimum atomic E-state index is -0.329. The van der Waals surface area contributed by atoms with Crippen LogP contribution in [0.2, 0.25) is 0 Å². The molecule has 4 rings (SSSR count). The average molecular weight is 423 g/mol. The van der Waals surface area contributed by atoms with Crippen molar-refractivity contribution in [2.24, 2.45) is 14.1 Å². The summed E-state index contributed by atoms with van der Waals surface area (Å²) < 4.78 is 4.67. The van der Waals surface area contributed by atoms with E-state index in [1.54, 1.807) is 0 Å². The van der Waals surface area contributed by atoms with Gasteiger partial charge in [0, 0.05) is 29.8 Å². The summed E-state index contributed by atoms with van der Waals surface area (Å²) >= 11 is 0. The lowest BCUT2D eigenvalue weighted by Gasteiger charge is -2.28. The van der Waals surface area contributed by atoms with Gasteiger partial charge in [0.1, 0.15) is 14.1 Å². The number of hydrogen-bond donors (Lipinski definition) is 0.